The number of hydrogen-bond donors (Lipinski definition) is 2. The molecule has 0 atom stereocenters. The fraction of sp³-hybridized carbons (Fsp3) is 0.0667. The van der Waals surface area contributed by atoms with Crippen molar-refractivity contribution in [3.8, 4) is 17.1 Å². The van der Waals surface area contributed by atoms with E-state index in [1.165, 1.54) is 0 Å². The molecule has 0 bridgehead atoms. The fourth-order valence-electron chi connectivity index (χ4n) is 2.14. The van der Waals surface area contributed by atoms with Crippen molar-refractivity contribution in [3.63, 3.8) is 0 Å². The number of aryl methyl sites for hydroxylation is 1. The molecule has 0 aliphatic heterocycles. The van der Waals surface area contributed by atoms with E-state index in [9.17, 15) is 9.90 Å². The van der Waals surface area contributed by atoms with Crippen molar-refractivity contribution in [2.45, 2.75) is 6.92 Å². The molecule has 1 aromatic heterocycles. The van der Waals surface area contributed by atoms with Gasteiger partial charge in [0.2, 0.25) is 0 Å². The molecule has 0 aliphatic carbocycles. The lowest BCUT2D eigenvalue weighted by Crippen LogP contribution is -1.89. The number of phenolic OH excluding ortho intramolecular Hbond substituents is 1. The molecule has 0 saturated heterocycles. The molecule has 0 spiro atoms. The van der Waals surface area contributed by atoms with Crippen molar-refractivity contribution >= 4 is 17.3 Å². The number of para-hydroxylation sites is 2. The molecule has 0 aliphatic rings. The second kappa shape index (κ2) is 4.24. The zero-order valence-electron chi connectivity index (χ0n) is 10.3. The lowest BCUT2D eigenvalue weighted by atomic mass is 10.1. The third-order valence-corrected chi connectivity index (χ3v) is 3.10. The van der Waals surface area contributed by atoms with Crippen LogP contribution in [0.5, 0.6) is 5.75 Å². The molecule has 1 heterocycles. The monoisotopic (exact) mass is 252 g/mol. The van der Waals surface area contributed by atoms with Gasteiger partial charge in [0.15, 0.2) is 0 Å². The number of carbonyl (C=O) groups is 1. The Balaban J connectivity index is 2.25. The number of aromatic amines is 1. The van der Waals surface area contributed by atoms with Gasteiger partial charge in [-0.25, -0.2) is 4.98 Å². The number of rotatable bonds is 2. The second-order valence-electron chi connectivity index (χ2n) is 4.45. The van der Waals surface area contributed by atoms with Gasteiger partial charge in [-0.1, -0.05) is 12.1 Å². The second-order valence-corrected chi connectivity index (χ2v) is 4.45. The average Bonchev–Trinajstić information content (AvgIpc) is 2.85. The summed E-state index contributed by atoms with van der Waals surface area (Å²) in [5.41, 5.74) is 3.43. The molecule has 0 radical (unpaired) electrons. The number of aromatic nitrogens is 2. The average molecular weight is 252 g/mol. The number of benzene rings is 2. The summed E-state index contributed by atoms with van der Waals surface area (Å²) in [6, 6.07) is 10.9. The Hall–Kier alpha value is -2.62. The van der Waals surface area contributed by atoms with Crippen molar-refractivity contribution in [2.24, 2.45) is 0 Å². The third kappa shape index (κ3) is 1.87. The van der Waals surface area contributed by atoms with Crippen LogP contribution in [0.3, 0.4) is 0 Å². The Morgan fingerprint density at radius 3 is 2.79 bits per heavy atom. The standard InChI is InChI=1S/C15H12N2O2/c1-9-6-10(8-18)7-11(14(9)19)15-16-12-4-2-3-5-13(12)17-15/h2-8,19H,1H3,(H,16,17). The fourth-order valence-corrected chi connectivity index (χ4v) is 2.14. The van der Waals surface area contributed by atoms with Gasteiger partial charge in [-0.2, -0.15) is 0 Å². The van der Waals surface area contributed by atoms with Crippen LogP contribution in [0.2, 0.25) is 0 Å². The van der Waals surface area contributed by atoms with E-state index in [0.29, 0.717) is 22.5 Å². The first-order chi connectivity index (χ1) is 9.19. The van der Waals surface area contributed by atoms with E-state index in [1.807, 2.05) is 24.3 Å². The normalized spacial score (nSPS) is 10.8. The van der Waals surface area contributed by atoms with Crippen LogP contribution < -0.4 is 0 Å². The quantitative estimate of drug-likeness (QED) is 0.689. The summed E-state index contributed by atoms with van der Waals surface area (Å²) < 4.78 is 0. The van der Waals surface area contributed by atoms with Gasteiger partial charge in [0.25, 0.3) is 0 Å². The maximum Gasteiger partial charge on any atom is 0.150 e. The van der Waals surface area contributed by atoms with Crippen LogP contribution in [0.15, 0.2) is 36.4 Å². The molecule has 3 rings (SSSR count). The lowest BCUT2D eigenvalue weighted by molar-refractivity contribution is 0.112. The number of phenols is 1. The van der Waals surface area contributed by atoms with Gasteiger partial charge in [0.1, 0.15) is 17.9 Å². The van der Waals surface area contributed by atoms with Crippen molar-refractivity contribution in [1.82, 2.24) is 9.97 Å². The van der Waals surface area contributed by atoms with Crippen LogP contribution in [-0.2, 0) is 0 Å². The van der Waals surface area contributed by atoms with Gasteiger partial charge < -0.3 is 10.1 Å². The Morgan fingerprint density at radius 1 is 1.26 bits per heavy atom. The van der Waals surface area contributed by atoms with E-state index >= 15 is 0 Å². The van der Waals surface area contributed by atoms with Gasteiger partial charge >= 0.3 is 0 Å². The summed E-state index contributed by atoms with van der Waals surface area (Å²) in [5, 5.41) is 10.1. The minimum atomic E-state index is 0.143. The number of fused-ring (bicyclic) bond motifs is 1. The number of aromatic hydroxyl groups is 1. The number of hydrogen-bond acceptors (Lipinski definition) is 3. The Bertz CT molecular complexity index is 742. The summed E-state index contributed by atoms with van der Waals surface area (Å²) in [7, 11) is 0. The van der Waals surface area contributed by atoms with Crippen molar-refractivity contribution < 1.29 is 9.90 Å². The first-order valence-electron chi connectivity index (χ1n) is 5.93. The molecular weight excluding hydrogens is 240 g/mol. The highest BCUT2D eigenvalue weighted by atomic mass is 16.3. The number of nitrogens with zero attached hydrogens (tertiary/aromatic N) is 1. The zero-order valence-corrected chi connectivity index (χ0v) is 10.3. The Kier molecular flexibility index (Phi) is 2.56. The number of imidazole rings is 1. The summed E-state index contributed by atoms with van der Waals surface area (Å²) >= 11 is 0. The van der Waals surface area contributed by atoms with E-state index in [4.69, 9.17) is 0 Å². The van der Waals surface area contributed by atoms with Crippen LogP contribution in [0.4, 0.5) is 0 Å². The van der Waals surface area contributed by atoms with Gasteiger partial charge in [-0.05, 0) is 36.8 Å². The molecule has 4 nitrogen and oxygen atoms in total. The minimum Gasteiger partial charge on any atom is -0.507 e. The van der Waals surface area contributed by atoms with E-state index in [2.05, 4.69) is 9.97 Å². The van der Waals surface area contributed by atoms with Crippen LogP contribution in [0, 0.1) is 6.92 Å². The molecule has 0 amide bonds. The predicted molar refractivity (Wildman–Crippen MR) is 73.3 cm³/mol. The van der Waals surface area contributed by atoms with Crippen molar-refractivity contribution in [3.05, 3.63) is 47.5 Å². The highest BCUT2D eigenvalue weighted by Gasteiger charge is 2.12. The molecule has 2 N–H and O–H groups in total. The molecule has 0 unspecified atom stereocenters. The smallest absolute Gasteiger partial charge is 0.150 e. The van der Waals surface area contributed by atoms with Gasteiger partial charge in [-0.3, -0.25) is 4.79 Å². The molecule has 3 aromatic rings. The SMILES string of the molecule is Cc1cc(C=O)cc(-c2nc3ccccc3[nH]2)c1O. The molecule has 0 saturated carbocycles. The summed E-state index contributed by atoms with van der Waals surface area (Å²) in [6.07, 6.45) is 0.762. The van der Waals surface area contributed by atoms with E-state index in [1.54, 1.807) is 19.1 Å². The maximum atomic E-state index is 10.9. The molecule has 19 heavy (non-hydrogen) atoms. The topological polar surface area (TPSA) is 66.0 Å². The molecule has 0 fully saturated rings. The summed E-state index contributed by atoms with van der Waals surface area (Å²) in [5.74, 6) is 0.704. The van der Waals surface area contributed by atoms with E-state index < -0.39 is 0 Å². The lowest BCUT2D eigenvalue weighted by Gasteiger charge is -2.05. The molecule has 2 aromatic carbocycles. The van der Waals surface area contributed by atoms with Gasteiger partial charge in [0, 0.05) is 5.56 Å². The number of aldehydes is 1. The minimum absolute atomic E-state index is 0.143. The summed E-state index contributed by atoms with van der Waals surface area (Å²) in [4.78, 5) is 18.5. The third-order valence-electron chi connectivity index (χ3n) is 3.10. The van der Waals surface area contributed by atoms with Crippen LogP contribution in [0.25, 0.3) is 22.4 Å². The Morgan fingerprint density at radius 2 is 2.05 bits per heavy atom. The predicted octanol–water partition coefficient (Wildman–Crippen LogP) is 3.06. The van der Waals surface area contributed by atoms with Crippen LogP contribution in [-0.4, -0.2) is 21.4 Å². The highest BCUT2D eigenvalue weighted by Crippen LogP contribution is 2.32. The van der Waals surface area contributed by atoms with Crippen molar-refractivity contribution in [1.29, 1.82) is 0 Å². The van der Waals surface area contributed by atoms with Crippen molar-refractivity contribution in [2.75, 3.05) is 0 Å². The molecule has 94 valence electrons. The van der Waals surface area contributed by atoms with E-state index in [-0.39, 0.29) is 5.75 Å². The molecule has 4 heteroatoms. The van der Waals surface area contributed by atoms with Crippen LogP contribution >= 0.6 is 0 Å². The number of nitrogens with one attached hydrogen (secondary N) is 1. The maximum absolute atomic E-state index is 10.9. The van der Waals surface area contributed by atoms with E-state index in [0.717, 1.165) is 17.3 Å². The van der Waals surface area contributed by atoms with Gasteiger partial charge in [-0.15, -0.1) is 0 Å². The Labute approximate surface area is 109 Å². The number of H-pyrrole nitrogens is 1. The zero-order chi connectivity index (χ0) is 13.4. The number of carbonyl (C=O) groups excluding carboxylic acids is 1. The summed E-state index contributed by atoms with van der Waals surface area (Å²) in [6.45, 7) is 1.76. The van der Waals surface area contributed by atoms with Crippen LogP contribution in [0.1, 0.15) is 15.9 Å². The first kappa shape index (κ1) is 11.5. The molecular formula is C15H12N2O2. The highest BCUT2D eigenvalue weighted by molar-refractivity contribution is 5.84. The first-order valence-corrected chi connectivity index (χ1v) is 5.93. The van der Waals surface area contributed by atoms with Gasteiger partial charge in [0.05, 0.1) is 16.6 Å². The largest absolute Gasteiger partial charge is 0.507 e.